The standard InChI is InChI=1S/C21H17ClINO6S/c1-28-16-8-13(7-15(23)19(16)30-11-18(25)29-2)9-17-20(26)24(21(27)31-17)10-12-3-5-14(22)6-4-12/h3-9H,10-11H2,1-2H3/b17-9-. The minimum absolute atomic E-state index is 0.167. The Kier molecular flexibility index (Phi) is 7.84. The molecular formula is C21H17ClINO6S. The molecular weight excluding hydrogens is 557 g/mol. The van der Waals surface area contributed by atoms with Crippen LogP contribution >= 0.6 is 46.0 Å². The van der Waals surface area contributed by atoms with Crippen molar-refractivity contribution in [3.05, 3.63) is 61.0 Å². The van der Waals surface area contributed by atoms with E-state index in [1.807, 2.05) is 22.6 Å². The number of halogens is 2. The first-order valence-corrected chi connectivity index (χ1v) is 11.2. The molecule has 1 aliphatic heterocycles. The van der Waals surface area contributed by atoms with Crippen molar-refractivity contribution in [1.29, 1.82) is 0 Å². The molecule has 0 atom stereocenters. The fourth-order valence-electron chi connectivity index (χ4n) is 2.71. The van der Waals surface area contributed by atoms with Crippen LogP contribution in [0.2, 0.25) is 5.02 Å². The van der Waals surface area contributed by atoms with Crippen molar-refractivity contribution in [2.24, 2.45) is 0 Å². The van der Waals surface area contributed by atoms with Crippen LogP contribution in [0.5, 0.6) is 11.5 Å². The number of methoxy groups -OCH3 is 2. The second-order valence-corrected chi connectivity index (χ2v) is 8.89. The number of ether oxygens (including phenoxy) is 3. The average Bonchev–Trinajstić information content (AvgIpc) is 3.01. The number of benzene rings is 2. The van der Waals surface area contributed by atoms with Gasteiger partial charge in [-0.05, 0) is 75.8 Å². The third kappa shape index (κ3) is 5.72. The van der Waals surface area contributed by atoms with Gasteiger partial charge < -0.3 is 14.2 Å². The number of hydrogen-bond donors (Lipinski definition) is 0. The SMILES string of the molecule is COC(=O)COc1c(I)cc(/C=C2\SC(=O)N(Cc3ccc(Cl)cc3)C2=O)cc1OC. The molecule has 0 bridgehead atoms. The summed E-state index contributed by atoms with van der Waals surface area (Å²) in [6.45, 7) is -0.0911. The number of imide groups is 1. The Morgan fingerprint density at radius 1 is 1.19 bits per heavy atom. The number of amides is 2. The lowest BCUT2D eigenvalue weighted by Crippen LogP contribution is -2.27. The third-order valence-corrected chi connectivity index (χ3v) is 6.20. The molecule has 1 heterocycles. The molecule has 10 heteroatoms. The van der Waals surface area contributed by atoms with Crippen LogP contribution in [-0.2, 0) is 20.9 Å². The van der Waals surface area contributed by atoms with Crippen LogP contribution in [0.25, 0.3) is 6.08 Å². The first kappa shape index (κ1) is 23.4. The average molecular weight is 574 g/mol. The molecule has 31 heavy (non-hydrogen) atoms. The molecule has 0 saturated carbocycles. The number of carbonyl (C=O) groups is 3. The zero-order valence-corrected chi connectivity index (χ0v) is 20.2. The Bertz CT molecular complexity index is 1060. The third-order valence-electron chi connectivity index (χ3n) is 4.24. The van der Waals surface area contributed by atoms with Gasteiger partial charge >= 0.3 is 5.97 Å². The number of hydrogen-bond acceptors (Lipinski definition) is 7. The monoisotopic (exact) mass is 573 g/mol. The van der Waals surface area contributed by atoms with Gasteiger partial charge in [0.2, 0.25) is 0 Å². The first-order valence-electron chi connectivity index (χ1n) is 8.89. The first-order chi connectivity index (χ1) is 14.8. The highest BCUT2D eigenvalue weighted by molar-refractivity contribution is 14.1. The summed E-state index contributed by atoms with van der Waals surface area (Å²) in [5.41, 5.74) is 1.46. The predicted molar refractivity (Wildman–Crippen MR) is 126 cm³/mol. The van der Waals surface area contributed by atoms with E-state index >= 15 is 0 Å². The molecule has 2 aromatic carbocycles. The van der Waals surface area contributed by atoms with Crippen LogP contribution in [0.4, 0.5) is 4.79 Å². The van der Waals surface area contributed by atoms with Crippen molar-refractivity contribution in [2.45, 2.75) is 6.54 Å². The van der Waals surface area contributed by atoms with E-state index < -0.39 is 5.97 Å². The zero-order chi connectivity index (χ0) is 22.5. The number of thioether (sulfide) groups is 1. The van der Waals surface area contributed by atoms with Gasteiger partial charge in [0.1, 0.15) is 0 Å². The molecule has 3 rings (SSSR count). The maximum absolute atomic E-state index is 12.8. The highest BCUT2D eigenvalue weighted by Crippen LogP contribution is 2.37. The van der Waals surface area contributed by atoms with E-state index in [9.17, 15) is 14.4 Å². The lowest BCUT2D eigenvalue weighted by molar-refractivity contribution is -0.143. The number of carbonyl (C=O) groups excluding carboxylic acids is 3. The highest BCUT2D eigenvalue weighted by Gasteiger charge is 2.35. The highest BCUT2D eigenvalue weighted by atomic mass is 127. The van der Waals surface area contributed by atoms with Gasteiger partial charge in [0, 0.05) is 5.02 Å². The second-order valence-electron chi connectivity index (χ2n) is 6.29. The van der Waals surface area contributed by atoms with Gasteiger partial charge in [-0.25, -0.2) is 4.79 Å². The molecule has 0 aromatic heterocycles. The molecule has 0 aliphatic carbocycles. The van der Waals surface area contributed by atoms with Crippen LogP contribution in [0.3, 0.4) is 0 Å². The van der Waals surface area contributed by atoms with Gasteiger partial charge in [-0.1, -0.05) is 23.7 Å². The summed E-state index contributed by atoms with van der Waals surface area (Å²) < 4.78 is 16.1. The van der Waals surface area contributed by atoms with Crippen molar-refractivity contribution in [3.63, 3.8) is 0 Å². The number of esters is 1. The summed E-state index contributed by atoms with van der Waals surface area (Å²) in [6, 6.07) is 10.4. The van der Waals surface area contributed by atoms with Crippen molar-refractivity contribution in [2.75, 3.05) is 20.8 Å². The van der Waals surface area contributed by atoms with E-state index in [-0.39, 0.29) is 24.3 Å². The molecule has 0 spiro atoms. The Morgan fingerprint density at radius 2 is 1.90 bits per heavy atom. The topological polar surface area (TPSA) is 82.1 Å². The van der Waals surface area contributed by atoms with Crippen LogP contribution in [-0.4, -0.2) is 42.8 Å². The summed E-state index contributed by atoms with van der Waals surface area (Å²) in [5.74, 6) is -0.106. The van der Waals surface area contributed by atoms with Crippen LogP contribution in [0, 0.1) is 3.57 Å². The van der Waals surface area contributed by atoms with E-state index in [1.165, 1.54) is 19.1 Å². The zero-order valence-electron chi connectivity index (χ0n) is 16.5. The summed E-state index contributed by atoms with van der Waals surface area (Å²) in [6.07, 6.45) is 1.63. The summed E-state index contributed by atoms with van der Waals surface area (Å²) in [4.78, 5) is 38.0. The molecule has 1 aliphatic rings. The van der Waals surface area contributed by atoms with Gasteiger partial charge in [-0.3, -0.25) is 14.5 Å². The minimum Gasteiger partial charge on any atom is -0.493 e. The van der Waals surface area contributed by atoms with Crippen molar-refractivity contribution in [3.8, 4) is 11.5 Å². The van der Waals surface area contributed by atoms with Gasteiger partial charge in [0.15, 0.2) is 18.1 Å². The molecule has 1 fully saturated rings. The largest absolute Gasteiger partial charge is 0.493 e. The van der Waals surface area contributed by atoms with Gasteiger partial charge in [-0.15, -0.1) is 0 Å². The van der Waals surface area contributed by atoms with Crippen LogP contribution in [0.1, 0.15) is 11.1 Å². The molecule has 2 amide bonds. The van der Waals surface area contributed by atoms with Gasteiger partial charge in [0.05, 0.1) is 29.2 Å². The minimum atomic E-state index is -0.517. The summed E-state index contributed by atoms with van der Waals surface area (Å²) in [5, 5.41) is 0.242. The van der Waals surface area contributed by atoms with E-state index in [2.05, 4.69) is 4.74 Å². The normalized spacial score (nSPS) is 14.8. The van der Waals surface area contributed by atoms with E-state index in [4.69, 9.17) is 21.1 Å². The van der Waals surface area contributed by atoms with Crippen LogP contribution in [0.15, 0.2) is 41.3 Å². The Balaban J connectivity index is 1.81. The Morgan fingerprint density at radius 3 is 2.55 bits per heavy atom. The van der Waals surface area contributed by atoms with E-state index in [0.29, 0.717) is 30.6 Å². The fourth-order valence-corrected chi connectivity index (χ4v) is 4.46. The van der Waals surface area contributed by atoms with Crippen molar-refractivity contribution < 1.29 is 28.6 Å². The number of nitrogens with zero attached hydrogens (tertiary/aromatic N) is 1. The molecule has 1 saturated heterocycles. The lowest BCUT2D eigenvalue weighted by Gasteiger charge is -2.13. The molecule has 2 aromatic rings. The van der Waals surface area contributed by atoms with E-state index in [1.54, 1.807) is 42.5 Å². The van der Waals surface area contributed by atoms with Crippen molar-refractivity contribution >= 4 is 69.1 Å². The molecule has 0 radical (unpaired) electrons. The fraction of sp³-hybridized carbons (Fsp3) is 0.190. The predicted octanol–water partition coefficient (Wildman–Crippen LogP) is 4.74. The lowest BCUT2D eigenvalue weighted by atomic mass is 10.1. The smallest absolute Gasteiger partial charge is 0.343 e. The maximum Gasteiger partial charge on any atom is 0.343 e. The molecule has 0 unspecified atom stereocenters. The Labute approximate surface area is 201 Å². The Hall–Kier alpha value is -2.24. The number of rotatable bonds is 7. The quantitative estimate of drug-likeness (QED) is 0.269. The molecule has 162 valence electrons. The van der Waals surface area contributed by atoms with E-state index in [0.717, 1.165) is 17.3 Å². The molecule has 0 N–H and O–H groups in total. The van der Waals surface area contributed by atoms with Crippen molar-refractivity contribution in [1.82, 2.24) is 4.90 Å². The maximum atomic E-state index is 12.8. The summed E-state index contributed by atoms with van der Waals surface area (Å²) in [7, 11) is 2.75. The van der Waals surface area contributed by atoms with Crippen LogP contribution < -0.4 is 9.47 Å². The van der Waals surface area contributed by atoms with Gasteiger partial charge in [-0.2, -0.15) is 0 Å². The van der Waals surface area contributed by atoms with Gasteiger partial charge in [0.25, 0.3) is 11.1 Å². The second kappa shape index (κ2) is 10.4. The molecule has 7 nitrogen and oxygen atoms in total. The summed E-state index contributed by atoms with van der Waals surface area (Å²) >= 11 is 8.81.